The molecule has 1 aromatic rings. The largest absolute Gasteiger partial charge is 0.353 e. The van der Waals surface area contributed by atoms with Crippen LogP contribution < -0.4 is 4.90 Å². The number of halogens is 2. The van der Waals surface area contributed by atoms with Gasteiger partial charge in [-0.15, -0.1) is 11.6 Å². The molecule has 4 nitrogen and oxygen atoms in total. The van der Waals surface area contributed by atoms with E-state index in [0.717, 1.165) is 5.69 Å². The third-order valence-corrected chi connectivity index (χ3v) is 3.86. The molecule has 0 aliphatic carbocycles. The van der Waals surface area contributed by atoms with Crippen LogP contribution in [0.5, 0.6) is 0 Å². The minimum Gasteiger partial charge on any atom is -0.353 e. The molecule has 0 bridgehead atoms. The van der Waals surface area contributed by atoms with Gasteiger partial charge in [-0.25, -0.2) is 0 Å². The van der Waals surface area contributed by atoms with Crippen LogP contribution >= 0.6 is 23.2 Å². The molecule has 1 aromatic carbocycles. The third kappa shape index (κ3) is 3.85. The first-order chi connectivity index (χ1) is 9.61. The number of carbonyl (C=O) groups is 1. The topological polar surface area (TPSA) is 38.8 Å². The second-order valence-corrected chi connectivity index (χ2v) is 5.54. The number of amides is 1. The fraction of sp³-hybridized carbons (Fsp3) is 0.500. The zero-order chi connectivity index (χ0) is 14.5. The Hall–Kier alpha value is -0.810. The van der Waals surface area contributed by atoms with Gasteiger partial charge in [-0.2, -0.15) is 0 Å². The Labute approximate surface area is 128 Å². The SMILES string of the molecule is CCC(Cl)C(=O)N(CC1COCO1)c1ccc(Cl)cc1. The van der Waals surface area contributed by atoms with Crippen LogP contribution in [0.4, 0.5) is 5.69 Å². The minimum absolute atomic E-state index is 0.129. The molecule has 110 valence electrons. The van der Waals surface area contributed by atoms with Crippen molar-refractivity contribution in [3.63, 3.8) is 0 Å². The molecule has 1 aliphatic heterocycles. The van der Waals surface area contributed by atoms with Gasteiger partial charge in [-0.05, 0) is 30.7 Å². The quantitative estimate of drug-likeness (QED) is 0.783. The molecule has 0 aromatic heterocycles. The fourth-order valence-corrected chi connectivity index (χ4v) is 2.21. The van der Waals surface area contributed by atoms with Gasteiger partial charge >= 0.3 is 0 Å². The number of carbonyl (C=O) groups excluding carboxylic acids is 1. The number of hydrogen-bond acceptors (Lipinski definition) is 3. The number of anilines is 1. The fourth-order valence-electron chi connectivity index (χ4n) is 1.97. The van der Waals surface area contributed by atoms with Crippen molar-refractivity contribution >= 4 is 34.8 Å². The Morgan fingerprint density at radius 3 is 2.70 bits per heavy atom. The summed E-state index contributed by atoms with van der Waals surface area (Å²) in [7, 11) is 0. The van der Waals surface area contributed by atoms with E-state index in [9.17, 15) is 4.79 Å². The van der Waals surface area contributed by atoms with Crippen LogP contribution in [-0.2, 0) is 14.3 Å². The molecule has 0 saturated carbocycles. The normalized spacial score (nSPS) is 19.9. The van der Waals surface area contributed by atoms with Gasteiger partial charge in [0.1, 0.15) is 18.3 Å². The molecule has 6 heteroatoms. The average Bonchev–Trinajstić information content (AvgIpc) is 2.97. The summed E-state index contributed by atoms with van der Waals surface area (Å²) in [5.41, 5.74) is 0.758. The first-order valence-corrected chi connectivity index (χ1v) is 7.33. The number of alkyl halides is 1. The molecule has 0 N–H and O–H groups in total. The van der Waals surface area contributed by atoms with Crippen LogP contribution in [0, 0.1) is 0 Å². The lowest BCUT2D eigenvalue weighted by atomic mass is 10.2. The summed E-state index contributed by atoms with van der Waals surface area (Å²) in [6.45, 7) is 3.05. The summed E-state index contributed by atoms with van der Waals surface area (Å²) < 4.78 is 10.6. The summed E-state index contributed by atoms with van der Waals surface area (Å²) in [4.78, 5) is 14.0. The standard InChI is InChI=1S/C14H17Cl2NO3/c1-2-13(16)14(18)17(7-12-8-19-9-20-12)11-5-3-10(15)4-6-11/h3-6,12-13H,2,7-9H2,1H3. The highest BCUT2D eigenvalue weighted by Gasteiger charge is 2.27. The van der Waals surface area contributed by atoms with Gasteiger partial charge in [-0.1, -0.05) is 18.5 Å². The molecule has 1 fully saturated rings. The lowest BCUT2D eigenvalue weighted by Crippen LogP contribution is -2.42. The van der Waals surface area contributed by atoms with Gasteiger partial charge in [0.05, 0.1) is 13.2 Å². The van der Waals surface area contributed by atoms with E-state index in [1.165, 1.54) is 0 Å². The zero-order valence-electron chi connectivity index (χ0n) is 11.2. The first-order valence-electron chi connectivity index (χ1n) is 6.52. The second kappa shape index (κ2) is 7.27. The lowest BCUT2D eigenvalue weighted by Gasteiger charge is -2.26. The van der Waals surface area contributed by atoms with Gasteiger partial charge in [0.25, 0.3) is 0 Å². The summed E-state index contributed by atoms with van der Waals surface area (Å²) in [6.07, 6.45) is 0.447. The summed E-state index contributed by atoms with van der Waals surface area (Å²) >= 11 is 12.0. The van der Waals surface area contributed by atoms with Gasteiger partial charge in [0.15, 0.2) is 0 Å². The van der Waals surface area contributed by atoms with Gasteiger partial charge in [-0.3, -0.25) is 4.79 Å². The van der Waals surface area contributed by atoms with Crippen LogP contribution in [-0.4, -0.2) is 37.3 Å². The van der Waals surface area contributed by atoms with E-state index in [4.69, 9.17) is 32.7 Å². The summed E-state index contributed by atoms with van der Waals surface area (Å²) in [5.74, 6) is -0.132. The summed E-state index contributed by atoms with van der Waals surface area (Å²) in [5, 5.41) is 0.0764. The molecule has 2 unspecified atom stereocenters. The predicted molar refractivity (Wildman–Crippen MR) is 79.4 cm³/mol. The lowest BCUT2D eigenvalue weighted by molar-refractivity contribution is -0.118. The summed E-state index contributed by atoms with van der Waals surface area (Å²) in [6, 6.07) is 7.10. The molecular weight excluding hydrogens is 301 g/mol. The molecule has 0 spiro atoms. The van der Waals surface area contributed by atoms with Crippen LogP contribution in [0.15, 0.2) is 24.3 Å². The van der Waals surface area contributed by atoms with Gasteiger partial charge < -0.3 is 14.4 Å². The van der Waals surface area contributed by atoms with E-state index in [0.29, 0.717) is 24.6 Å². The number of nitrogens with zero attached hydrogens (tertiary/aromatic N) is 1. The molecular formula is C14H17Cl2NO3. The maximum atomic E-state index is 12.4. The monoisotopic (exact) mass is 317 g/mol. The van der Waals surface area contributed by atoms with E-state index in [-0.39, 0.29) is 18.8 Å². The highest BCUT2D eigenvalue weighted by atomic mass is 35.5. The number of hydrogen-bond donors (Lipinski definition) is 0. The van der Waals surface area contributed by atoms with Crippen LogP contribution in [0.1, 0.15) is 13.3 Å². The molecule has 1 aliphatic rings. The minimum atomic E-state index is -0.548. The Morgan fingerprint density at radius 2 is 2.15 bits per heavy atom. The Kier molecular flexibility index (Phi) is 5.66. The van der Waals surface area contributed by atoms with Gasteiger partial charge in [0, 0.05) is 10.7 Å². The first kappa shape index (κ1) is 15.6. The van der Waals surface area contributed by atoms with Crippen molar-refractivity contribution in [3.8, 4) is 0 Å². The number of benzene rings is 1. The van der Waals surface area contributed by atoms with Gasteiger partial charge in [0.2, 0.25) is 5.91 Å². The third-order valence-electron chi connectivity index (χ3n) is 3.11. The van der Waals surface area contributed by atoms with Crippen LogP contribution in [0.25, 0.3) is 0 Å². The Bertz CT molecular complexity index is 446. The molecule has 1 heterocycles. The zero-order valence-corrected chi connectivity index (χ0v) is 12.7. The van der Waals surface area contributed by atoms with Crippen molar-refractivity contribution in [2.24, 2.45) is 0 Å². The molecule has 2 atom stereocenters. The smallest absolute Gasteiger partial charge is 0.245 e. The molecule has 2 rings (SSSR count). The Balaban J connectivity index is 2.18. The maximum Gasteiger partial charge on any atom is 0.245 e. The molecule has 1 amide bonds. The molecule has 0 radical (unpaired) electrons. The number of ether oxygens (including phenoxy) is 2. The van der Waals surface area contributed by atoms with Crippen molar-refractivity contribution in [3.05, 3.63) is 29.3 Å². The maximum absolute atomic E-state index is 12.4. The highest BCUT2D eigenvalue weighted by molar-refractivity contribution is 6.33. The van der Waals surface area contributed by atoms with Crippen molar-refractivity contribution in [1.29, 1.82) is 0 Å². The van der Waals surface area contributed by atoms with Crippen LogP contribution in [0.2, 0.25) is 5.02 Å². The predicted octanol–water partition coefficient (Wildman–Crippen LogP) is 3.06. The van der Waals surface area contributed by atoms with Crippen molar-refractivity contribution in [1.82, 2.24) is 0 Å². The molecule has 1 saturated heterocycles. The van der Waals surface area contributed by atoms with E-state index >= 15 is 0 Å². The van der Waals surface area contributed by atoms with Crippen molar-refractivity contribution in [2.75, 3.05) is 24.8 Å². The van der Waals surface area contributed by atoms with Crippen molar-refractivity contribution in [2.45, 2.75) is 24.8 Å². The van der Waals surface area contributed by atoms with Crippen LogP contribution in [0.3, 0.4) is 0 Å². The van der Waals surface area contributed by atoms with E-state index < -0.39 is 5.38 Å². The van der Waals surface area contributed by atoms with E-state index in [1.54, 1.807) is 29.2 Å². The van der Waals surface area contributed by atoms with E-state index in [2.05, 4.69) is 0 Å². The number of rotatable bonds is 5. The Morgan fingerprint density at radius 1 is 1.45 bits per heavy atom. The van der Waals surface area contributed by atoms with E-state index in [1.807, 2.05) is 6.92 Å². The van der Waals surface area contributed by atoms with Crippen molar-refractivity contribution < 1.29 is 14.3 Å². The second-order valence-electron chi connectivity index (χ2n) is 4.58. The molecule has 20 heavy (non-hydrogen) atoms. The highest BCUT2D eigenvalue weighted by Crippen LogP contribution is 2.22. The average molecular weight is 318 g/mol.